The highest BCUT2D eigenvalue weighted by molar-refractivity contribution is 5.91. The minimum Gasteiger partial charge on any atom is -0.497 e. The molecule has 1 amide bonds. The number of ether oxygens (including phenoxy) is 2. The number of carbonyl (C=O) groups excluding carboxylic acids is 1. The van der Waals surface area contributed by atoms with Crippen molar-refractivity contribution in [3.63, 3.8) is 0 Å². The summed E-state index contributed by atoms with van der Waals surface area (Å²) < 4.78 is 11.6. The van der Waals surface area contributed by atoms with Crippen LogP contribution >= 0.6 is 0 Å². The Hall–Kier alpha value is -2.63. The third kappa shape index (κ3) is 5.96. The summed E-state index contributed by atoms with van der Waals surface area (Å²) in [7, 11) is 1.64. The summed E-state index contributed by atoms with van der Waals surface area (Å²) in [6, 6.07) is 18.3. The Labute approximate surface area is 185 Å². The lowest BCUT2D eigenvalue weighted by molar-refractivity contribution is -0.118. The van der Waals surface area contributed by atoms with Gasteiger partial charge in [0.1, 0.15) is 5.75 Å². The molecule has 1 atom stereocenters. The van der Waals surface area contributed by atoms with Gasteiger partial charge in [-0.15, -0.1) is 0 Å². The topological polar surface area (TPSA) is 50.8 Å². The van der Waals surface area contributed by atoms with Crippen LogP contribution in [0.1, 0.15) is 36.8 Å². The van der Waals surface area contributed by atoms with Gasteiger partial charge in [0.05, 0.1) is 18.8 Å². The van der Waals surface area contributed by atoms with Crippen molar-refractivity contribution >= 4 is 12.0 Å². The number of rotatable bonds is 7. The minimum atomic E-state index is -0.0851. The lowest BCUT2D eigenvalue weighted by Crippen LogP contribution is -2.44. The first-order valence-corrected chi connectivity index (χ1v) is 11.2. The van der Waals surface area contributed by atoms with Gasteiger partial charge in [-0.05, 0) is 55.0 Å². The number of likely N-dealkylation sites (tertiary alicyclic amines) is 1. The van der Waals surface area contributed by atoms with Crippen molar-refractivity contribution in [3.05, 3.63) is 71.8 Å². The molecular weight excluding hydrogens is 388 g/mol. The molecule has 2 aliphatic rings. The van der Waals surface area contributed by atoms with E-state index in [4.69, 9.17) is 9.47 Å². The standard InChI is InChI=1S/C26H32N2O3/c1-30-23-10-7-21(8-11-23)9-12-25(29)27-19-24-13-14-26(31-24)15-17-28(18-16-26)20-22-5-3-2-4-6-22/h2-12,24H,13-20H2,1H3,(H,27,29)/b12-9+. The van der Waals surface area contributed by atoms with E-state index in [1.165, 1.54) is 5.56 Å². The number of methoxy groups -OCH3 is 1. The van der Waals surface area contributed by atoms with Crippen molar-refractivity contribution in [1.82, 2.24) is 10.2 Å². The van der Waals surface area contributed by atoms with E-state index < -0.39 is 0 Å². The lowest BCUT2D eigenvalue weighted by Gasteiger charge is -2.39. The predicted molar refractivity (Wildman–Crippen MR) is 123 cm³/mol. The van der Waals surface area contributed by atoms with Gasteiger partial charge >= 0.3 is 0 Å². The Morgan fingerprint density at radius 3 is 2.58 bits per heavy atom. The maximum Gasteiger partial charge on any atom is 0.244 e. The van der Waals surface area contributed by atoms with Crippen LogP contribution in [0.4, 0.5) is 0 Å². The van der Waals surface area contributed by atoms with E-state index in [1.54, 1.807) is 13.2 Å². The van der Waals surface area contributed by atoms with Crippen LogP contribution in [0.2, 0.25) is 0 Å². The molecule has 0 bridgehead atoms. The van der Waals surface area contributed by atoms with Crippen LogP contribution in [0, 0.1) is 0 Å². The fraction of sp³-hybridized carbons (Fsp3) is 0.423. The molecule has 0 radical (unpaired) electrons. The Bertz CT molecular complexity index is 871. The molecule has 31 heavy (non-hydrogen) atoms. The number of hydrogen-bond acceptors (Lipinski definition) is 4. The third-order valence-electron chi connectivity index (χ3n) is 6.40. The van der Waals surface area contributed by atoms with Gasteiger partial charge in [0, 0.05) is 32.3 Å². The average molecular weight is 421 g/mol. The highest BCUT2D eigenvalue weighted by Crippen LogP contribution is 2.39. The smallest absolute Gasteiger partial charge is 0.244 e. The second-order valence-corrected chi connectivity index (χ2v) is 8.57. The van der Waals surface area contributed by atoms with Gasteiger partial charge in [0.25, 0.3) is 0 Å². The van der Waals surface area contributed by atoms with E-state index in [0.29, 0.717) is 6.54 Å². The van der Waals surface area contributed by atoms with Crippen LogP contribution in [0.25, 0.3) is 6.08 Å². The van der Waals surface area contributed by atoms with Crippen molar-refractivity contribution in [2.75, 3.05) is 26.7 Å². The molecule has 5 nitrogen and oxygen atoms in total. The molecule has 4 rings (SSSR count). The van der Waals surface area contributed by atoms with Gasteiger partial charge in [0.2, 0.25) is 5.91 Å². The summed E-state index contributed by atoms with van der Waals surface area (Å²) >= 11 is 0. The third-order valence-corrected chi connectivity index (χ3v) is 6.40. The monoisotopic (exact) mass is 420 g/mol. The molecule has 1 spiro atoms. The van der Waals surface area contributed by atoms with Crippen LogP contribution < -0.4 is 10.1 Å². The van der Waals surface area contributed by atoms with Gasteiger partial charge < -0.3 is 14.8 Å². The molecule has 0 saturated carbocycles. The molecule has 2 aromatic carbocycles. The zero-order chi connectivity index (χ0) is 21.5. The molecule has 0 aromatic heterocycles. The maximum absolute atomic E-state index is 12.2. The average Bonchev–Trinajstić information content (AvgIpc) is 3.21. The van der Waals surface area contributed by atoms with Gasteiger partial charge in [-0.25, -0.2) is 0 Å². The number of benzene rings is 2. The molecule has 1 N–H and O–H groups in total. The summed E-state index contributed by atoms with van der Waals surface area (Å²) in [6.45, 7) is 3.72. The largest absolute Gasteiger partial charge is 0.497 e. The van der Waals surface area contributed by atoms with Crippen LogP contribution in [0.3, 0.4) is 0 Å². The van der Waals surface area contributed by atoms with E-state index >= 15 is 0 Å². The van der Waals surface area contributed by atoms with Crippen LogP contribution in [0.15, 0.2) is 60.7 Å². The number of nitrogens with one attached hydrogen (secondary N) is 1. The summed E-state index contributed by atoms with van der Waals surface area (Å²) in [5, 5.41) is 2.99. The normalized spacial score (nSPS) is 20.9. The van der Waals surface area contributed by atoms with Crippen molar-refractivity contribution < 1.29 is 14.3 Å². The van der Waals surface area contributed by atoms with Crippen molar-refractivity contribution in [1.29, 1.82) is 0 Å². The van der Waals surface area contributed by atoms with Gasteiger partial charge in [-0.2, -0.15) is 0 Å². The summed E-state index contributed by atoms with van der Waals surface area (Å²) in [5.74, 6) is 0.720. The first kappa shape index (κ1) is 21.6. The highest BCUT2D eigenvalue weighted by Gasteiger charge is 2.42. The Kier molecular flexibility index (Phi) is 7.05. The predicted octanol–water partition coefficient (Wildman–Crippen LogP) is 4.04. The highest BCUT2D eigenvalue weighted by atomic mass is 16.5. The Balaban J connectivity index is 1.19. The summed E-state index contributed by atoms with van der Waals surface area (Å²) in [4.78, 5) is 14.7. The molecule has 164 valence electrons. The second kappa shape index (κ2) is 10.1. The molecule has 2 heterocycles. The van der Waals surface area contributed by atoms with E-state index in [2.05, 4.69) is 40.5 Å². The Morgan fingerprint density at radius 2 is 1.87 bits per heavy atom. The number of amides is 1. The van der Waals surface area contributed by atoms with Crippen LogP contribution in [0.5, 0.6) is 5.75 Å². The fourth-order valence-electron chi connectivity index (χ4n) is 4.53. The van der Waals surface area contributed by atoms with E-state index in [0.717, 1.165) is 56.6 Å². The van der Waals surface area contributed by atoms with Gasteiger partial charge in [-0.3, -0.25) is 9.69 Å². The van der Waals surface area contributed by atoms with Crippen molar-refractivity contribution in [2.24, 2.45) is 0 Å². The Morgan fingerprint density at radius 1 is 1.13 bits per heavy atom. The number of piperidine rings is 1. The van der Waals surface area contributed by atoms with E-state index in [-0.39, 0.29) is 17.6 Å². The molecule has 1 unspecified atom stereocenters. The summed E-state index contributed by atoms with van der Waals surface area (Å²) in [6.07, 6.45) is 7.75. The molecule has 2 saturated heterocycles. The first-order valence-electron chi connectivity index (χ1n) is 11.2. The van der Waals surface area contributed by atoms with Gasteiger partial charge in [-0.1, -0.05) is 42.5 Å². The van der Waals surface area contributed by atoms with Gasteiger partial charge in [0.15, 0.2) is 0 Å². The molecule has 2 aliphatic heterocycles. The number of nitrogens with zero attached hydrogens (tertiary/aromatic N) is 1. The van der Waals surface area contributed by atoms with Crippen molar-refractivity contribution in [3.8, 4) is 5.75 Å². The maximum atomic E-state index is 12.2. The van der Waals surface area contributed by atoms with Crippen molar-refractivity contribution in [2.45, 2.75) is 43.9 Å². The van der Waals surface area contributed by atoms with Crippen LogP contribution in [-0.2, 0) is 16.1 Å². The molecule has 0 aliphatic carbocycles. The fourth-order valence-corrected chi connectivity index (χ4v) is 4.53. The van der Waals surface area contributed by atoms with E-state index in [1.807, 2.05) is 30.3 Å². The minimum absolute atomic E-state index is 0.00150. The van der Waals surface area contributed by atoms with E-state index in [9.17, 15) is 4.79 Å². The lowest BCUT2D eigenvalue weighted by atomic mass is 9.88. The first-order chi connectivity index (χ1) is 15.1. The summed E-state index contributed by atoms with van der Waals surface area (Å²) in [5.41, 5.74) is 2.34. The zero-order valence-corrected chi connectivity index (χ0v) is 18.3. The zero-order valence-electron chi connectivity index (χ0n) is 18.3. The molecule has 5 heteroatoms. The number of hydrogen-bond donors (Lipinski definition) is 1. The number of carbonyl (C=O) groups is 1. The molecular formula is C26H32N2O3. The molecule has 2 fully saturated rings. The quantitative estimate of drug-likeness (QED) is 0.687. The van der Waals surface area contributed by atoms with Crippen LogP contribution in [-0.4, -0.2) is 49.3 Å². The SMILES string of the molecule is COc1ccc(/C=C/C(=O)NCC2CCC3(CCN(Cc4ccccc4)CC3)O2)cc1. The second-order valence-electron chi connectivity index (χ2n) is 8.57. The molecule has 2 aromatic rings.